The molecule has 6 heteroatoms. The Balaban J connectivity index is 1.05. The lowest BCUT2D eigenvalue weighted by Crippen LogP contribution is -2.56. The van der Waals surface area contributed by atoms with Crippen LogP contribution in [-0.2, 0) is 14.3 Å². The topological polar surface area (TPSA) is 84.5 Å². The van der Waals surface area contributed by atoms with Crippen molar-refractivity contribution in [3.05, 3.63) is 60.2 Å². The molecule has 0 spiro atoms. The van der Waals surface area contributed by atoms with E-state index in [0.717, 1.165) is 28.9 Å². The minimum Gasteiger partial charge on any atom is -0.454 e. The smallest absolute Gasteiger partial charge is 0.325 e. The Morgan fingerprint density at radius 1 is 0.886 bits per heavy atom. The lowest BCUT2D eigenvalue weighted by molar-refractivity contribution is -0.148. The molecule has 6 rings (SSSR count). The van der Waals surface area contributed by atoms with Crippen molar-refractivity contribution in [2.75, 3.05) is 13.2 Å². The first-order valence-corrected chi connectivity index (χ1v) is 12.8. The largest absolute Gasteiger partial charge is 0.454 e. The van der Waals surface area contributed by atoms with Crippen molar-refractivity contribution < 1.29 is 19.1 Å². The average molecular weight is 475 g/mol. The summed E-state index contributed by atoms with van der Waals surface area (Å²) in [5, 5.41) is 5.66. The van der Waals surface area contributed by atoms with Crippen molar-refractivity contribution in [1.29, 1.82) is 0 Å². The van der Waals surface area contributed by atoms with Crippen LogP contribution < -0.4 is 10.6 Å². The molecule has 0 aromatic heterocycles. The quantitative estimate of drug-likeness (QED) is 0.557. The molecule has 35 heavy (non-hydrogen) atoms. The minimum absolute atomic E-state index is 0.0839. The first-order chi connectivity index (χ1) is 16.9. The Morgan fingerprint density at radius 3 is 2.06 bits per heavy atom. The summed E-state index contributed by atoms with van der Waals surface area (Å²) in [6, 6.07) is 17.2. The van der Waals surface area contributed by atoms with Gasteiger partial charge in [0.2, 0.25) is 0 Å². The number of ether oxygens (including phenoxy) is 1. The third-order valence-corrected chi connectivity index (χ3v) is 8.39. The molecule has 2 amide bonds. The van der Waals surface area contributed by atoms with E-state index >= 15 is 0 Å². The zero-order valence-corrected chi connectivity index (χ0v) is 20.3. The fourth-order valence-electron chi connectivity index (χ4n) is 7.04. The van der Waals surface area contributed by atoms with E-state index in [1.807, 2.05) is 42.5 Å². The molecule has 4 aliphatic rings. The standard InChI is InChI=1S/C29H34N2O4/c1-19(29-14-20-11-21(15-29)13-22(12-20)16-29)31-26(32)18-35-27(33)17-30-28(34)25-9-7-24(8-10-25)23-5-3-2-4-6-23/h2-10,19-22H,11-18H2,1H3,(H,30,34)(H,31,32)/t19-,20?,21?,22?,29?/m0/s1. The van der Waals surface area contributed by atoms with Gasteiger partial charge in [0.05, 0.1) is 0 Å². The number of carbonyl (C=O) groups excluding carboxylic acids is 3. The molecule has 0 unspecified atom stereocenters. The maximum atomic E-state index is 12.5. The number of carbonyl (C=O) groups is 3. The normalized spacial score (nSPS) is 27.2. The number of benzene rings is 2. The highest BCUT2D eigenvalue weighted by Crippen LogP contribution is 2.61. The summed E-state index contributed by atoms with van der Waals surface area (Å²) in [6.07, 6.45) is 7.71. The molecule has 4 saturated carbocycles. The predicted octanol–water partition coefficient (Wildman–Crippen LogP) is 4.35. The number of rotatable bonds is 8. The molecule has 2 aromatic rings. The van der Waals surface area contributed by atoms with E-state index in [-0.39, 0.29) is 36.4 Å². The van der Waals surface area contributed by atoms with E-state index < -0.39 is 5.97 Å². The highest BCUT2D eigenvalue weighted by molar-refractivity contribution is 5.96. The van der Waals surface area contributed by atoms with E-state index in [1.165, 1.54) is 38.5 Å². The van der Waals surface area contributed by atoms with Crippen molar-refractivity contribution in [3.63, 3.8) is 0 Å². The molecule has 0 heterocycles. The van der Waals surface area contributed by atoms with Gasteiger partial charge in [-0.1, -0.05) is 42.5 Å². The maximum absolute atomic E-state index is 12.5. The van der Waals surface area contributed by atoms with Crippen LogP contribution in [0.2, 0.25) is 0 Å². The highest BCUT2D eigenvalue weighted by Gasteiger charge is 2.53. The first kappa shape index (κ1) is 23.6. The summed E-state index contributed by atoms with van der Waals surface area (Å²) in [5.41, 5.74) is 2.74. The number of hydrogen-bond acceptors (Lipinski definition) is 4. The van der Waals surface area contributed by atoms with Crippen molar-refractivity contribution in [2.24, 2.45) is 23.2 Å². The van der Waals surface area contributed by atoms with Crippen LogP contribution in [0, 0.1) is 23.2 Å². The number of esters is 1. The van der Waals surface area contributed by atoms with Gasteiger partial charge in [0.1, 0.15) is 6.54 Å². The Labute approximate surface area is 206 Å². The van der Waals surface area contributed by atoms with Crippen LogP contribution in [0.1, 0.15) is 55.8 Å². The lowest BCUT2D eigenvalue weighted by Gasteiger charge is -2.59. The number of amides is 2. The molecule has 0 radical (unpaired) electrons. The summed E-state index contributed by atoms with van der Waals surface area (Å²) in [5.74, 6) is 1.19. The molecule has 4 aliphatic carbocycles. The van der Waals surface area contributed by atoms with Crippen LogP contribution in [0.5, 0.6) is 0 Å². The molecule has 2 aromatic carbocycles. The van der Waals surface area contributed by atoms with Crippen molar-refractivity contribution in [1.82, 2.24) is 10.6 Å². The van der Waals surface area contributed by atoms with Gasteiger partial charge in [0.25, 0.3) is 11.8 Å². The Kier molecular flexibility index (Phi) is 6.63. The monoisotopic (exact) mass is 474 g/mol. The predicted molar refractivity (Wildman–Crippen MR) is 133 cm³/mol. The summed E-state index contributed by atoms with van der Waals surface area (Å²) in [7, 11) is 0. The van der Waals surface area contributed by atoms with Gasteiger partial charge in [-0.15, -0.1) is 0 Å². The van der Waals surface area contributed by atoms with Crippen molar-refractivity contribution >= 4 is 17.8 Å². The van der Waals surface area contributed by atoms with E-state index in [0.29, 0.717) is 5.56 Å². The second-order valence-corrected chi connectivity index (χ2v) is 10.9. The van der Waals surface area contributed by atoms with Crippen LogP contribution in [0.3, 0.4) is 0 Å². The van der Waals surface area contributed by atoms with E-state index in [9.17, 15) is 14.4 Å². The SMILES string of the molecule is C[C@H](NC(=O)COC(=O)CNC(=O)c1ccc(-c2ccccc2)cc1)C12CC3CC(CC(C3)C1)C2. The van der Waals surface area contributed by atoms with Crippen LogP contribution in [0.4, 0.5) is 0 Å². The second-order valence-electron chi connectivity index (χ2n) is 10.9. The van der Waals surface area contributed by atoms with E-state index in [4.69, 9.17) is 4.74 Å². The third-order valence-electron chi connectivity index (χ3n) is 8.39. The molecule has 1 atom stereocenters. The average Bonchev–Trinajstić information content (AvgIpc) is 2.86. The van der Waals surface area contributed by atoms with Gasteiger partial charge in [-0.2, -0.15) is 0 Å². The third kappa shape index (κ3) is 5.26. The second kappa shape index (κ2) is 9.84. The van der Waals surface area contributed by atoms with E-state index in [1.54, 1.807) is 12.1 Å². The summed E-state index contributed by atoms with van der Waals surface area (Å²) < 4.78 is 5.12. The molecular weight excluding hydrogens is 440 g/mol. The zero-order chi connectivity index (χ0) is 24.4. The van der Waals surface area contributed by atoms with Crippen LogP contribution in [0.15, 0.2) is 54.6 Å². The molecule has 0 saturated heterocycles. The number of hydrogen-bond donors (Lipinski definition) is 2. The van der Waals surface area contributed by atoms with Gasteiger partial charge in [-0.05, 0) is 91.9 Å². The van der Waals surface area contributed by atoms with Gasteiger partial charge in [0, 0.05) is 11.6 Å². The summed E-state index contributed by atoms with van der Waals surface area (Å²) in [4.78, 5) is 37.0. The highest BCUT2D eigenvalue weighted by atomic mass is 16.5. The van der Waals surface area contributed by atoms with Gasteiger partial charge in [-0.3, -0.25) is 14.4 Å². The van der Waals surface area contributed by atoms with Crippen molar-refractivity contribution in [2.45, 2.75) is 51.5 Å². The lowest BCUT2D eigenvalue weighted by atomic mass is 9.48. The molecule has 4 bridgehead atoms. The summed E-state index contributed by atoms with van der Waals surface area (Å²) in [6.45, 7) is 1.50. The molecule has 4 fully saturated rings. The van der Waals surface area contributed by atoms with Gasteiger partial charge in [0.15, 0.2) is 6.61 Å². The fraction of sp³-hybridized carbons (Fsp3) is 0.483. The Hall–Kier alpha value is -3.15. The van der Waals surface area contributed by atoms with Gasteiger partial charge >= 0.3 is 5.97 Å². The molecule has 184 valence electrons. The Morgan fingerprint density at radius 2 is 1.46 bits per heavy atom. The Bertz CT molecular complexity index is 1040. The van der Waals surface area contributed by atoms with Gasteiger partial charge in [-0.25, -0.2) is 0 Å². The number of nitrogens with one attached hydrogen (secondary N) is 2. The maximum Gasteiger partial charge on any atom is 0.325 e. The minimum atomic E-state index is -0.628. The van der Waals surface area contributed by atoms with E-state index in [2.05, 4.69) is 17.6 Å². The molecule has 0 aliphatic heterocycles. The molecule has 6 nitrogen and oxygen atoms in total. The van der Waals surface area contributed by atoms with Crippen LogP contribution in [-0.4, -0.2) is 37.0 Å². The first-order valence-electron chi connectivity index (χ1n) is 12.8. The van der Waals surface area contributed by atoms with Crippen LogP contribution in [0.25, 0.3) is 11.1 Å². The van der Waals surface area contributed by atoms with Crippen molar-refractivity contribution in [3.8, 4) is 11.1 Å². The molecular formula is C29H34N2O4. The van der Waals surface area contributed by atoms with Gasteiger partial charge < -0.3 is 15.4 Å². The zero-order valence-electron chi connectivity index (χ0n) is 20.3. The summed E-state index contributed by atoms with van der Waals surface area (Å²) >= 11 is 0. The van der Waals surface area contributed by atoms with Crippen LogP contribution >= 0.6 is 0 Å². The fourth-order valence-corrected chi connectivity index (χ4v) is 7.04. The molecule has 2 N–H and O–H groups in total.